The summed E-state index contributed by atoms with van der Waals surface area (Å²) >= 11 is 0. The first kappa shape index (κ1) is 14.1. The second-order valence-corrected chi connectivity index (χ2v) is 4.54. The monoisotopic (exact) mass is 275 g/mol. The van der Waals surface area contributed by atoms with Crippen molar-refractivity contribution in [3.8, 4) is 0 Å². The van der Waals surface area contributed by atoms with Gasteiger partial charge >= 0.3 is 12.1 Å². The van der Waals surface area contributed by atoms with Crippen molar-refractivity contribution in [2.75, 3.05) is 20.2 Å². The van der Waals surface area contributed by atoms with Crippen molar-refractivity contribution in [3.05, 3.63) is 47.5 Å². The molecule has 1 aromatic carbocycles. The minimum absolute atomic E-state index is 0.256. The first-order valence-electron chi connectivity index (χ1n) is 6.42. The molecule has 1 fully saturated rings. The van der Waals surface area contributed by atoms with Crippen molar-refractivity contribution in [1.82, 2.24) is 4.90 Å². The van der Waals surface area contributed by atoms with Crippen LogP contribution in [-0.2, 0) is 20.9 Å². The standard InChI is InChI=1S/C15H17NO4/c1-19-14(17)9-13-7-8-16(10-13)15(18)20-11-12-5-3-2-4-6-12/h2-6,9H,7-8,10-11H2,1H3/b13-9+. The molecule has 1 heterocycles. The topological polar surface area (TPSA) is 55.8 Å². The molecule has 1 aliphatic rings. The van der Waals surface area contributed by atoms with Gasteiger partial charge in [0.25, 0.3) is 0 Å². The summed E-state index contributed by atoms with van der Waals surface area (Å²) in [6.45, 7) is 1.24. The van der Waals surface area contributed by atoms with Gasteiger partial charge in [-0.1, -0.05) is 30.3 Å². The zero-order valence-electron chi connectivity index (χ0n) is 11.4. The van der Waals surface area contributed by atoms with Gasteiger partial charge < -0.3 is 14.4 Å². The van der Waals surface area contributed by atoms with E-state index >= 15 is 0 Å². The predicted octanol–water partition coefficient (Wildman–Crippen LogP) is 2.13. The van der Waals surface area contributed by atoms with Crippen LogP contribution in [0.15, 0.2) is 42.0 Å². The van der Waals surface area contributed by atoms with E-state index in [-0.39, 0.29) is 18.7 Å². The molecule has 1 aromatic rings. The quantitative estimate of drug-likeness (QED) is 0.626. The fourth-order valence-corrected chi connectivity index (χ4v) is 1.99. The maximum atomic E-state index is 11.9. The van der Waals surface area contributed by atoms with Gasteiger partial charge in [-0.05, 0) is 17.6 Å². The van der Waals surface area contributed by atoms with Crippen LogP contribution in [-0.4, -0.2) is 37.2 Å². The van der Waals surface area contributed by atoms with Crippen molar-refractivity contribution in [2.24, 2.45) is 0 Å². The Labute approximate surface area is 117 Å². The lowest BCUT2D eigenvalue weighted by Crippen LogP contribution is -2.28. The first-order chi connectivity index (χ1) is 9.69. The molecule has 0 aliphatic carbocycles. The Morgan fingerprint density at radius 1 is 1.30 bits per heavy atom. The Morgan fingerprint density at radius 2 is 2.05 bits per heavy atom. The highest BCUT2D eigenvalue weighted by molar-refractivity contribution is 5.83. The van der Waals surface area contributed by atoms with E-state index in [0.717, 1.165) is 11.1 Å². The third kappa shape index (κ3) is 3.85. The van der Waals surface area contributed by atoms with Crippen LogP contribution in [0.5, 0.6) is 0 Å². The summed E-state index contributed by atoms with van der Waals surface area (Å²) in [5, 5.41) is 0. The summed E-state index contributed by atoms with van der Waals surface area (Å²) in [5.74, 6) is -0.389. The highest BCUT2D eigenvalue weighted by Crippen LogP contribution is 2.16. The van der Waals surface area contributed by atoms with E-state index in [1.807, 2.05) is 30.3 Å². The summed E-state index contributed by atoms with van der Waals surface area (Å²) in [7, 11) is 1.33. The molecule has 20 heavy (non-hydrogen) atoms. The van der Waals surface area contributed by atoms with Crippen LogP contribution in [0.4, 0.5) is 4.79 Å². The molecule has 0 unspecified atom stereocenters. The number of carbonyl (C=O) groups is 2. The van der Waals surface area contributed by atoms with Gasteiger partial charge in [-0.3, -0.25) is 0 Å². The number of likely N-dealkylation sites (tertiary alicyclic amines) is 1. The minimum atomic E-state index is -0.389. The van der Waals surface area contributed by atoms with E-state index < -0.39 is 0 Å². The van der Waals surface area contributed by atoms with Crippen LogP contribution in [0, 0.1) is 0 Å². The van der Waals surface area contributed by atoms with Gasteiger partial charge in [0.05, 0.1) is 7.11 Å². The molecular formula is C15H17NO4. The number of amides is 1. The van der Waals surface area contributed by atoms with Crippen LogP contribution in [0.2, 0.25) is 0 Å². The molecule has 0 bridgehead atoms. The van der Waals surface area contributed by atoms with E-state index in [9.17, 15) is 9.59 Å². The summed E-state index contributed by atoms with van der Waals surface area (Å²) in [6, 6.07) is 9.52. The second-order valence-electron chi connectivity index (χ2n) is 4.54. The number of carbonyl (C=O) groups excluding carboxylic acids is 2. The summed E-state index contributed by atoms with van der Waals surface area (Å²) in [6.07, 6.45) is 1.75. The molecule has 106 valence electrons. The Hall–Kier alpha value is -2.30. The third-order valence-electron chi connectivity index (χ3n) is 3.08. The third-order valence-corrected chi connectivity index (χ3v) is 3.08. The molecule has 0 saturated carbocycles. The number of esters is 1. The van der Waals surface area contributed by atoms with E-state index in [4.69, 9.17) is 4.74 Å². The molecule has 0 N–H and O–H groups in total. The van der Waals surface area contributed by atoms with Crippen molar-refractivity contribution in [1.29, 1.82) is 0 Å². The summed E-state index contributed by atoms with van der Waals surface area (Å²) < 4.78 is 9.80. The molecule has 1 aliphatic heterocycles. The van der Waals surface area contributed by atoms with Crippen LogP contribution >= 0.6 is 0 Å². The molecule has 2 rings (SSSR count). The Bertz CT molecular complexity index is 510. The average molecular weight is 275 g/mol. The number of hydrogen-bond acceptors (Lipinski definition) is 4. The van der Waals surface area contributed by atoms with Crippen LogP contribution in [0.1, 0.15) is 12.0 Å². The maximum Gasteiger partial charge on any atom is 0.410 e. The number of ether oxygens (including phenoxy) is 2. The minimum Gasteiger partial charge on any atom is -0.466 e. The maximum absolute atomic E-state index is 11.9. The highest BCUT2D eigenvalue weighted by Gasteiger charge is 2.23. The van der Waals surface area contributed by atoms with E-state index in [0.29, 0.717) is 19.5 Å². The fourth-order valence-electron chi connectivity index (χ4n) is 1.99. The summed E-state index contributed by atoms with van der Waals surface area (Å²) in [4.78, 5) is 24.6. The largest absolute Gasteiger partial charge is 0.466 e. The van der Waals surface area contributed by atoms with Gasteiger partial charge in [0.1, 0.15) is 6.61 Å². The molecule has 0 radical (unpaired) electrons. The number of hydrogen-bond donors (Lipinski definition) is 0. The number of benzene rings is 1. The van der Waals surface area contributed by atoms with Crippen molar-refractivity contribution < 1.29 is 19.1 Å². The van der Waals surface area contributed by atoms with Gasteiger partial charge in [0.15, 0.2) is 0 Å². The Balaban J connectivity index is 1.83. The zero-order chi connectivity index (χ0) is 14.4. The highest BCUT2D eigenvalue weighted by atomic mass is 16.6. The first-order valence-corrected chi connectivity index (χ1v) is 6.42. The van der Waals surface area contributed by atoms with E-state index in [1.54, 1.807) is 4.90 Å². The normalized spacial score (nSPS) is 16.2. The van der Waals surface area contributed by atoms with Crippen LogP contribution in [0.3, 0.4) is 0 Å². The van der Waals surface area contributed by atoms with Gasteiger partial charge in [-0.15, -0.1) is 0 Å². The zero-order valence-corrected chi connectivity index (χ0v) is 11.4. The Kier molecular flexibility index (Phi) is 4.76. The van der Waals surface area contributed by atoms with E-state index in [1.165, 1.54) is 13.2 Å². The van der Waals surface area contributed by atoms with Gasteiger partial charge in [-0.2, -0.15) is 0 Å². The summed E-state index contributed by atoms with van der Waals surface area (Å²) in [5.41, 5.74) is 1.83. The lowest BCUT2D eigenvalue weighted by Gasteiger charge is -2.14. The molecule has 0 spiro atoms. The Morgan fingerprint density at radius 3 is 2.75 bits per heavy atom. The number of methoxy groups -OCH3 is 1. The van der Waals surface area contributed by atoms with Gasteiger partial charge in [0, 0.05) is 19.2 Å². The number of nitrogens with zero attached hydrogens (tertiary/aromatic N) is 1. The molecule has 5 heteroatoms. The average Bonchev–Trinajstić information content (AvgIpc) is 2.94. The van der Waals surface area contributed by atoms with Crippen molar-refractivity contribution in [3.63, 3.8) is 0 Å². The van der Waals surface area contributed by atoms with Crippen LogP contribution in [0.25, 0.3) is 0 Å². The predicted molar refractivity (Wildman–Crippen MR) is 72.9 cm³/mol. The SMILES string of the molecule is COC(=O)/C=C1\CCN(C(=O)OCc2ccccc2)C1. The second kappa shape index (κ2) is 6.75. The molecule has 5 nitrogen and oxygen atoms in total. The fraction of sp³-hybridized carbons (Fsp3) is 0.333. The molecular weight excluding hydrogens is 258 g/mol. The smallest absolute Gasteiger partial charge is 0.410 e. The van der Waals surface area contributed by atoms with E-state index in [2.05, 4.69) is 4.74 Å². The molecule has 0 atom stereocenters. The molecule has 1 amide bonds. The van der Waals surface area contributed by atoms with Gasteiger partial charge in [-0.25, -0.2) is 9.59 Å². The van der Waals surface area contributed by atoms with Crippen molar-refractivity contribution in [2.45, 2.75) is 13.0 Å². The molecule has 0 aromatic heterocycles. The lowest BCUT2D eigenvalue weighted by molar-refractivity contribution is -0.134. The number of rotatable bonds is 3. The van der Waals surface area contributed by atoms with Crippen LogP contribution < -0.4 is 0 Å². The lowest BCUT2D eigenvalue weighted by atomic mass is 10.2. The molecule has 1 saturated heterocycles. The van der Waals surface area contributed by atoms with Crippen molar-refractivity contribution >= 4 is 12.1 Å². The van der Waals surface area contributed by atoms with Gasteiger partial charge in [0.2, 0.25) is 0 Å².